The molecule has 2 saturated carbocycles. The molecule has 0 amide bonds. The minimum atomic E-state index is -0.599. The van der Waals surface area contributed by atoms with Gasteiger partial charge < -0.3 is 9.84 Å². The van der Waals surface area contributed by atoms with Crippen LogP contribution in [0.4, 0.5) is 0 Å². The second-order valence-electron chi connectivity index (χ2n) is 8.28. The van der Waals surface area contributed by atoms with E-state index in [0.717, 1.165) is 25.7 Å². The van der Waals surface area contributed by atoms with Gasteiger partial charge in [0.05, 0.1) is 11.2 Å². The number of aliphatic hydroxyl groups is 1. The van der Waals surface area contributed by atoms with Gasteiger partial charge in [0.2, 0.25) is 0 Å². The summed E-state index contributed by atoms with van der Waals surface area (Å²) < 4.78 is 6.70. The summed E-state index contributed by atoms with van der Waals surface area (Å²) in [6, 6.07) is 0. The van der Waals surface area contributed by atoms with Crippen LogP contribution in [-0.4, -0.2) is 21.9 Å². The summed E-state index contributed by atoms with van der Waals surface area (Å²) in [7, 11) is 0. The first-order chi connectivity index (χ1) is 9.36. The first-order valence-electron chi connectivity index (χ1n) is 8.78. The van der Waals surface area contributed by atoms with E-state index in [9.17, 15) is 5.11 Å². The smallest absolute Gasteiger partial charge is 0.101 e. The molecule has 20 heavy (non-hydrogen) atoms. The van der Waals surface area contributed by atoms with Crippen LogP contribution in [0.1, 0.15) is 79.1 Å². The highest BCUT2D eigenvalue weighted by Gasteiger charge is 2.68. The monoisotopic (exact) mass is 280 g/mol. The number of ether oxygens (including phenoxy) is 1. The fraction of sp³-hybridized carbons (Fsp3) is 1.00. The van der Waals surface area contributed by atoms with E-state index < -0.39 is 5.60 Å². The molecule has 0 radical (unpaired) electrons. The molecule has 3 fully saturated rings. The number of hydrogen-bond acceptors (Lipinski definition) is 2. The Bertz CT molecular complexity index is 378. The third kappa shape index (κ3) is 1.83. The molecule has 2 bridgehead atoms. The molecule has 1 heterocycles. The maximum absolute atomic E-state index is 11.7. The van der Waals surface area contributed by atoms with Crippen LogP contribution in [0.25, 0.3) is 0 Å². The standard InChI is InChI=1S/C18H32O2/c1-5-6-11-17(19)13(2)7-8-14-9-10-15-12-18(14,17)20-16(15,3)4/h13-15,19H,5-12H2,1-4H3. The van der Waals surface area contributed by atoms with Crippen LogP contribution in [0.5, 0.6) is 0 Å². The lowest BCUT2D eigenvalue weighted by molar-refractivity contribution is -0.258. The zero-order valence-corrected chi connectivity index (χ0v) is 13.7. The van der Waals surface area contributed by atoms with Gasteiger partial charge in [0.1, 0.15) is 5.60 Å². The Morgan fingerprint density at radius 2 is 1.75 bits per heavy atom. The summed E-state index contributed by atoms with van der Waals surface area (Å²) in [5.74, 6) is 1.59. The van der Waals surface area contributed by atoms with E-state index in [4.69, 9.17) is 4.74 Å². The van der Waals surface area contributed by atoms with Crippen LogP contribution < -0.4 is 0 Å². The third-order valence-corrected chi connectivity index (χ3v) is 6.91. The normalized spacial score (nSPS) is 50.0. The first-order valence-corrected chi connectivity index (χ1v) is 8.78. The maximum Gasteiger partial charge on any atom is 0.101 e. The van der Waals surface area contributed by atoms with Gasteiger partial charge in [-0.2, -0.15) is 0 Å². The van der Waals surface area contributed by atoms with Crippen molar-refractivity contribution in [1.29, 1.82) is 0 Å². The van der Waals surface area contributed by atoms with Crippen molar-refractivity contribution >= 4 is 0 Å². The second kappa shape index (κ2) is 4.71. The molecule has 2 nitrogen and oxygen atoms in total. The fourth-order valence-electron chi connectivity index (χ4n) is 5.55. The van der Waals surface area contributed by atoms with Crippen LogP contribution in [0, 0.1) is 17.8 Å². The lowest BCUT2D eigenvalue weighted by Gasteiger charge is -2.57. The summed E-state index contributed by atoms with van der Waals surface area (Å²) >= 11 is 0. The average Bonchev–Trinajstić information content (AvgIpc) is 2.61. The molecule has 1 aliphatic heterocycles. The number of fused-ring (bicyclic) bond motifs is 1. The molecule has 1 saturated heterocycles. The van der Waals surface area contributed by atoms with Gasteiger partial charge in [-0.25, -0.2) is 0 Å². The molecule has 1 spiro atoms. The van der Waals surface area contributed by atoms with Crippen molar-refractivity contribution in [1.82, 2.24) is 0 Å². The molecule has 5 unspecified atom stereocenters. The predicted octanol–water partition coefficient (Wildman–Crippen LogP) is 4.30. The summed E-state index contributed by atoms with van der Waals surface area (Å²) in [5, 5.41) is 11.7. The largest absolute Gasteiger partial charge is 0.387 e. The highest BCUT2D eigenvalue weighted by atomic mass is 16.5. The van der Waals surface area contributed by atoms with Gasteiger partial charge in [0.15, 0.2) is 0 Å². The lowest BCUT2D eigenvalue weighted by atomic mass is 9.54. The molecule has 0 aromatic carbocycles. The van der Waals surface area contributed by atoms with Gasteiger partial charge in [0.25, 0.3) is 0 Å². The third-order valence-electron chi connectivity index (χ3n) is 6.91. The van der Waals surface area contributed by atoms with Crippen molar-refractivity contribution in [3.63, 3.8) is 0 Å². The van der Waals surface area contributed by atoms with E-state index >= 15 is 0 Å². The molecule has 2 aliphatic carbocycles. The van der Waals surface area contributed by atoms with E-state index in [-0.39, 0.29) is 11.2 Å². The Balaban J connectivity index is 1.99. The quantitative estimate of drug-likeness (QED) is 0.835. The summed E-state index contributed by atoms with van der Waals surface area (Å²) in [6.07, 6.45) is 9.25. The zero-order chi connectivity index (χ0) is 14.6. The van der Waals surface area contributed by atoms with Crippen LogP contribution in [-0.2, 0) is 4.74 Å². The maximum atomic E-state index is 11.7. The van der Waals surface area contributed by atoms with Gasteiger partial charge >= 0.3 is 0 Å². The Labute approximate surface area is 124 Å². The average molecular weight is 280 g/mol. The summed E-state index contributed by atoms with van der Waals surface area (Å²) in [6.45, 7) is 8.96. The van der Waals surface area contributed by atoms with Crippen molar-refractivity contribution in [2.45, 2.75) is 95.9 Å². The number of unbranched alkanes of at least 4 members (excludes halogenated alkanes) is 1. The van der Waals surface area contributed by atoms with Crippen LogP contribution in [0.15, 0.2) is 0 Å². The van der Waals surface area contributed by atoms with Crippen LogP contribution >= 0.6 is 0 Å². The minimum absolute atomic E-state index is 0.0496. The Hall–Kier alpha value is -0.0800. The molecule has 5 atom stereocenters. The van der Waals surface area contributed by atoms with Crippen molar-refractivity contribution in [3.05, 3.63) is 0 Å². The molecule has 116 valence electrons. The van der Waals surface area contributed by atoms with Gasteiger partial charge in [-0.15, -0.1) is 0 Å². The SMILES string of the molecule is CCCCC1(O)C(C)CCC2CCC3CC21OC3(C)C. The lowest BCUT2D eigenvalue weighted by Crippen LogP contribution is -2.65. The predicted molar refractivity (Wildman–Crippen MR) is 81.6 cm³/mol. The Morgan fingerprint density at radius 1 is 1.10 bits per heavy atom. The van der Waals surface area contributed by atoms with E-state index in [1.54, 1.807) is 0 Å². The second-order valence-corrected chi connectivity index (χ2v) is 8.28. The van der Waals surface area contributed by atoms with E-state index in [2.05, 4.69) is 27.7 Å². The highest BCUT2D eigenvalue weighted by Crippen LogP contribution is 2.63. The summed E-state index contributed by atoms with van der Waals surface area (Å²) in [5.41, 5.74) is -0.892. The minimum Gasteiger partial charge on any atom is -0.387 e. The van der Waals surface area contributed by atoms with Gasteiger partial charge in [-0.05, 0) is 70.1 Å². The van der Waals surface area contributed by atoms with Crippen LogP contribution in [0.3, 0.4) is 0 Å². The van der Waals surface area contributed by atoms with Gasteiger partial charge in [-0.3, -0.25) is 0 Å². The Morgan fingerprint density at radius 3 is 2.45 bits per heavy atom. The first kappa shape index (κ1) is 14.8. The molecule has 3 rings (SSSR count). The zero-order valence-electron chi connectivity index (χ0n) is 13.7. The van der Waals surface area contributed by atoms with Gasteiger partial charge in [-0.1, -0.05) is 26.7 Å². The molecular weight excluding hydrogens is 248 g/mol. The van der Waals surface area contributed by atoms with Crippen molar-refractivity contribution in [2.75, 3.05) is 0 Å². The van der Waals surface area contributed by atoms with Crippen molar-refractivity contribution in [2.24, 2.45) is 17.8 Å². The van der Waals surface area contributed by atoms with Crippen molar-refractivity contribution in [3.8, 4) is 0 Å². The number of rotatable bonds is 3. The summed E-state index contributed by atoms with van der Waals surface area (Å²) in [4.78, 5) is 0. The molecule has 2 heteroatoms. The van der Waals surface area contributed by atoms with E-state index in [1.165, 1.54) is 25.7 Å². The van der Waals surface area contributed by atoms with Crippen molar-refractivity contribution < 1.29 is 9.84 Å². The number of hydrogen-bond donors (Lipinski definition) is 1. The van der Waals surface area contributed by atoms with E-state index in [0.29, 0.717) is 17.8 Å². The van der Waals surface area contributed by atoms with Gasteiger partial charge in [0, 0.05) is 0 Å². The molecular formula is C18H32O2. The van der Waals surface area contributed by atoms with Crippen LogP contribution in [0.2, 0.25) is 0 Å². The topological polar surface area (TPSA) is 29.5 Å². The highest BCUT2D eigenvalue weighted by molar-refractivity contribution is 5.18. The molecule has 0 aromatic rings. The molecule has 3 aliphatic rings. The Kier molecular flexibility index (Phi) is 3.49. The van der Waals surface area contributed by atoms with E-state index in [1.807, 2.05) is 0 Å². The molecule has 1 N–H and O–H groups in total. The molecule has 0 aromatic heterocycles. The fourth-order valence-corrected chi connectivity index (χ4v) is 5.55.